The zero-order valence-electron chi connectivity index (χ0n) is 14.3. The molecule has 1 aromatic heterocycles. The zero-order valence-corrected chi connectivity index (χ0v) is 14.3. The summed E-state index contributed by atoms with van der Waals surface area (Å²) >= 11 is 0. The number of hydrogen-bond acceptors (Lipinski definition) is 3. The summed E-state index contributed by atoms with van der Waals surface area (Å²) in [5, 5.41) is 16.5. The first-order chi connectivity index (χ1) is 12.1. The highest BCUT2D eigenvalue weighted by molar-refractivity contribution is 5.95. The first-order valence-electron chi connectivity index (χ1n) is 8.76. The third-order valence-corrected chi connectivity index (χ3v) is 4.72. The van der Waals surface area contributed by atoms with Gasteiger partial charge in [0, 0.05) is 6.04 Å². The largest absolute Gasteiger partial charge is 0.481 e. The number of para-hydroxylation sites is 1. The molecule has 25 heavy (non-hydrogen) atoms. The van der Waals surface area contributed by atoms with Crippen molar-refractivity contribution in [1.29, 1.82) is 0 Å². The Kier molecular flexibility index (Phi) is 5.16. The van der Waals surface area contributed by atoms with Gasteiger partial charge < -0.3 is 10.4 Å². The SMILES string of the molecule is CCCc1c(C(=O)N[C@@H]2CC[C@H](C(=O)O)C2)cnn1-c1ccccc1. The minimum absolute atomic E-state index is 0.0804. The third-order valence-electron chi connectivity index (χ3n) is 4.72. The molecule has 0 bridgehead atoms. The van der Waals surface area contributed by atoms with E-state index in [-0.39, 0.29) is 17.9 Å². The van der Waals surface area contributed by atoms with Gasteiger partial charge in [-0.3, -0.25) is 9.59 Å². The van der Waals surface area contributed by atoms with Crippen molar-refractivity contribution in [2.75, 3.05) is 0 Å². The number of nitrogens with zero attached hydrogens (tertiary/aromatic N) is 2. The molecule has 0 radical (unpaired) electrons. The number of hydrogen-bond donors (Lipinski definition) is 2. The lowest BCUT2D eigenvalue weighted by Gasteiger charge is -2.13. The Bertz CT molecular complexity index is 755. The van der Waals surface area contributed by atoms with E-state index >= 15 is 0 Å². The molecule has 0 spiro atoms. The number of amides is 1. The number of nitrogens with one attached hydrogen (secondary N) is 1. The van der Waals surface area contributed by atoms with Crippen LogP contribution in [0, 0.1) is 5.92 Å². The minimum atomic E-state index is -0.777. The molecule has 0 aliphatic heterocycles. The van der Waals surface area contributed by atoms with Gasteiger partial charge in [-0.15, -0.1) is 0 Å². The number of carboxylic acids is 1. The van der Waals surface area contributed by atoms with Crippen LogP contribution in [0.25, 0.3) is 5.69 Å². The van der Waals surface area contributed by atoms with Crippen LogP contribution in [-0.2, 0) is 11.2 Å². The Morgan fingerprint density at radius 1 is 1.28 bits per heavy atom. The van der Waals surface area contributed by atoms with Crippen LogP contribution < -0.4 is 5.32 Å². The zero-order chi connectivity index (χ0) is 17.8. The van der Waals surface area contributed by atoms with Crippen molar-refractivity contribution in [3.8, 4) is 5.69 Å². The Balaban J connectivity index is 1.79. The van der Waals surface area contributed by atoms with E-state index < -0.39 is 5.97 Å². The molecule has 1 amide bonds. The maximum Gasteiger partial charge on any atom is 0.306 e. The van der Waals surface area contributed by atoms with Crippen LogP contribution in [0.15, 0.2) is 36.5 Å². The van der Waals surface area contributed by atoms with E-state index in [9.17, 15) is 9.59 Å². The summed E-state index contributed by atoms with van der Waals surface area (Å²) in [6.45, 7) is 2.07. The Hall–Kier alpha value is -2.63. The van der Waals surface area contributed by atoms with E-state index in [2.05, 4.69) is 17.3 Å². The molecular weight excluding hydrogens is 318 g/mol. The maximum absolute atomic E-state index is 12.7. The van der Waals surface area contributed by atoms with Gasteiger partial charge in [0.25, 0.3) is 5.91 Å². The Morgan fingerprint density at radius 2 is 2.04 bits per heavy atom. The van der Waals surface area contributed by atoms with Crippen molar-refractivity contribution in [2.24, 2.45) is 5.92 Å². The molecule has 0 saturated heterocycles. The fourth-order valence-electron chi connectivity index (χ4n) is 3.43. The predicted octanol–water partition coefficient (Wildman–Crippen LogP) is 2.81. The van der Waals surface area contributed by atoms with Crippen molar-refractivity contribution in [3.05, 3.63) is 47.8 Å². The van der Waals surface area contributed by atoms with Gasteiger partial charge in [-0.05, 0) is 37.8 Å². The van der Waals surface area contributed by atoms with Gasteiger partial charge in [-0.2, -0.15) is 5.10 Å². The second-order valence-electron chi connectivity index (χ2n) is 6.52. The van der Waals surface area contributed by atoms with E-state index in [0.29, 0.717) is 24.8 Å². The van der Waals surface area contributed by atoms with Gasteiger partial charge in [-0.1, -0.05) is 31.5 Å². The van der Waals surface area contributed by atoms with Crippen molar-refractivity contribution < 1.29 is 14.7 Å². The van der Waals surface area contributed by atoms with Gasteiger partial charge in [0.2, 0.25) is 0 Å². The average Bonchev–Trinajstić information content (AvgIpc) is 3.23. The van der Waals surface area contributed by atoms with Gasteiger partial charge in [0.15, 0.2) is 0 Å². The summed E-state index contributed by atoms with van der Waals surface area (Å²) in [7, 11) is 0. The summed E-state index contributed by atoms with van der Waals surface area (Å²) < 4.78 is 1.81. The monoisotopic (exact) mass is 341 g/mol. The molecule has 1 aromatic carbocycles. The molecule has 132 valence electrons. The summed E-state index contributed by atoms with van der Waals surface area (Å²) in [6, 6.07) is 9.67. The summed E-state index contributed by atoms with van der Waals surface area (Å²) in [5.41, 5.74) is 2.39. The molecule has 2 atom stereocenters. The molecule has 2 N–H and O–H groups in total. The fourth-order valence-corrected chi connectivity index (χ4v) is 3.43. The normalized spacial score (nSPS) is 19.7. The van der Waals surface area contributed by atoms with E-state index in [0.717, 1.165) is 24.2 Å². The lowest BCUT2D eigenvalue weighted by atomic mass is 10.1. The highest BCUT2D eigenvalue weighted by Crippen LogP contribution is 2.26. The quantitative estimate of drug-likeness (QED) is 0.846. The number of benzene rings is 1. The molecule has 6 heteroatoms. The van der Waals surface area contributed by atoms with E-state index in [4.69, 9.17) is 5.11 Å². The summed E-state index contributed by atoms with van der Waals surface area (Å²) in [4.78, 5) is 23.8. The molecular formula is C19H23N3O3. The molecule has 1 aliphatic carbocycles. The van der Waals surface area contributed by atoms with Crippen LogP contribution in [0.1, 0.15) is 48.7 Å². The molecule has 3 rings (SSSR count). The standard InChI is InChI=1S/C19H23N3O3/c1-2-6-17-16(12-20-22(17)15-7-4-3-5-8-15)18(23)21-14-10-9-13(11-14)19(24)25/h3-5,7-8,12-14H,2,6,9-11H2,1H3,(H,21,23)(H,24,25)/t13-,14+/m0/s1. The Labute approximate surface area is 146 Å². The van der Waals surface area contributed by atoms with Gasteiger partial charge >= 0.3 is 5.97 Å². The number of carbonyl (C=O) groups is 2. The number of carboxylic acid groups (broad SMARTS) is 1. The van der Waals surface area contributed by atoms with Crippen molar-refractivity contribution in [2.45, 2.75) is 45.1 Å². The second-order valence-corrected chi connectivity index (χ2v) is 6.52. The fraction of sp³-hybridized carbons (Fsp3) is 0.421. The van der Waals surface area contributed by atoms with E-state index in [1.54, 1.807) is 6.20 Å². The first-order valence-corrected chi connectivity index (χ1v) is 8.76. The van der Waals surface area contributed by atoms with Crippen molar-refractivity contribution >= 4 is 11.9 Å². The van der Waals surface area contributed by atoms with E-state index in [1.807, 2.05) is 35.0 Å². The third kappa shape index (κ3) is 3.73. The first kappa shape index (κ1) is 17.2. The number of aliphatic carboxylic acids is 1. The Morgan fingerprint density at radius 3 is 2.68 bits per heavy atom. The van der Waals surface area contributed by atoms with Crippen LogP contribution in [0.2, 0.25) is 0 Å². The van der Waals surface area contributed by atoms with Crippen molar-refractivity contribution in [3.63, 3.8) is 0 Å². The van der Waals surface area contributed by atoms with Crippen molar-refractivity contribution in [1.82, 2.24) is 15.1 Å². The number of carbonyl (C=O) groups excluding carboxylic acids is 1. The van der Waals surface area contributed by atoms with Gasteiger partial charge in [-0.25, -0.2) is 4.68 Å². The minimum Gasteiger partial charge on any atom is -0.481 e. The van der Waals surface area contributed by atoms with E-state index in [1.165, 1.54) is 0 Å². The predicted molar refractivity (Wildman–Crippen MR) is 93.8 cm³/mol. The lowest BCUT2D eigenvalue weighted by molar-refractivity contribution is -0.141. The van der Waals surface area contributed by atoms with Crippen LogP contribution in [0.4, 0.5) is 0 Å². The van der Waals surface area contributed by atoms with Crippen LogP contribution >= 0.6 is 0 Å². The van der Waals surface area contributed by atoms with Gasteiger partial charge in [0.05, 0.1) is 29.1 Å². The maximum atomic E-state index is 12.7. The second kappa shape index (κ2) is 7.51. The molecule has 1 heterocycles. The number of rotatable bonds is 6. The molecule has 1 aliphatic rings. The smallest absolute Gasteiger partial charge is 0.306 e. The summed E-state index contributed by atoms with van der Waals surface area (Å²) in [6.07, 6.45) is 5.08. The van der Waals surface area contributed by atoms with Crippen LogP contribution in [-0.4, -0.2) is 32.8 Å². The molecule has 0 unspecified atom stereocenters. The van der Waals surface area contributed by atoms with Crippen LogP contribution in [0.3, 0.4) is 0 Å². The molecule has 1 fully saturated rings. The van der Waals surface area contributed by atoms with Gasteiger partial charge in [0.1, 0.15) is 0 Å². The lowest BCUT2D eigenvalue weighted by Crippen LogP contribution is -2.33. The highest BCUT2D eigenvalue weighted by Gasteiger charge is 2.31. The number of aromatic nitrogens is 2. The molecule has 6 nitrogen and oxygen atoms in total. The molecule has 1 saturated carbocycles. The topological polar surface area (TPSA) is 84.2 Å². The highest BCUT2D eigenvalue weighted by atomic mass is 16.4. The molecule has 2 aromatic rings. The average molecular weight is 341 g/mol. The van der Waals surface area contributed by atoms with Crippen LogP contribution in [0.5, 0.6) is 0 Å². The summed E-state index contributed by atoms with van der Waals surface area (Å²) in [5.74, 6) is -1.30.